The molecule has 0 aliphatic heterocycles. The third-order valence-electron chi connectivity index (χ3n) is 3.47. The van der Waals surface area contributed by atoms with Gasteiger partial charge in [-0.25, -0.2) is 8.78 Å². The van der Waals surface area contributed by atoms with E-state index in [9.17, 15) is 8.78 Å². The topological polar surface area (TPSA) is 9.23 Å². The molecule has 2 aromatic rings. The van der Waals surface area contributed by atoms with Gasteiger partial charge < -0.3 is 4.74 Å². The molecule has 0 unspecified atom stereocenters. The second-order valence-electron chi connectivity index (χ2n) is 5.21. The number of benzene rings is 2. The molecule has 120 valence electrons. The number of hydrogen-bond acceptors (Lipinski definition) is 1. The zero-order valence-electron chi connectivity index (χ0n) is 13.5. The maximum absolute atomic E-state index is 14.1. The van der Waals surface area contributed by atoms with Gasteiger partial charge in [0.15, 0.2) is 11.6 Å². The minimum atomic E-state index is -0.864. The highest BCUT2D eigenvalue weighted by atomic mass is 19.2. The Morgan fingerprint density at radius 1 is 0.913 bits per heavy atom. The summed E-state index contributed by atoms with van der Waals surface area (Å²) in [5.74, 6) is 4.66. The molecule has 2 rings (SSSR count). The Labute approximate surface area is 136 Å². The van der Waals surface area contributed by atoms with Gasteiger partial charge in [-0.15, -0.1) is 0 Å². The molecule has 0 aromatic heterocycles. The molecule has 23 heavy (non-hydrogen) atoms. The van der Waals surface area contributed by atoms with Gasteiger partial charge in [0.05, 0.1) is 12.2 Å². The summed E-state index contributed by atoms with van der Waals surface area (Å²) in [6, 6.07) is 10.4. The van der Waals surface area contributed by atoms with Crippen LogP contribution in [0, 0.1) is 23.5 Å². The molecule has 0 atom stereocenters. The van der Waals surface area contributed by atoms with E-state index < -0.39 is 11.6 Å². The molecule has 3 heteroatoms. The largest absolute Gasteiger partial charge is 0.494 e. The average molecular weight is 314 g/mol. The van der Waals surface area contributed by atoms with Gasteiger partial charge >= 0.3 is 0 Å². The van der Waals surface area contributed by atoms with Crippen molar-refractivity contribution in [3.63, 3.8) is 0 Å². The number of aryl methyl sites for hydroxylation is 1. The van der Waals surface area contributed by atoms with Gasteiger partial charge in [0.1, 0.15) is 5.75 Å². The van der Waals surface area contributed by atoms with Crippen LogP contribution in [0.3, 0.4) is 0 Å². The lowest BCUT2D eigenvalue weighted by atomic mass is 10.0. The molecule has 0 saturated heterocycles. The second kappa shape index (κ2) is 8.33. The van der Waals surface area contributed by atoms with E-state index in [0.29, 0.717) is 18.6 Å². The Kier molecular flexibility index (Phi) is 6.17. The molecule has 0 bridgehead atoms. The maximum Gasteiger partial charge on any atom is 0.174 e. The Morgan fingerprint density at radius 2 is 1.65 bits per heavy atom. The fourth-order valence-corrected chi connectivity index (χ4v) is 2.19. The summed E-state index contributed by atoms with van der Waals surface area (Å²) in [7, 11) is 0. The van der Waals surface area contributed by atoms with Crippen molar-refractivity contribution in [3.8, 4) is 17.6 Å². The smallest absolute Gasteiger partial charge is 0.174 e. The van der Waals surface area contributed by atoms with Gasteiger partial charge in [0.25, 0.3) is 0 Å². The van der Waals surface area contributed by atoms with Crippen LogP contribution in [0.25, 0.3) is 0 Å². The molecule has 0 heterocycles. The van der Waals surface area contributed by atoms with E-state index in [1.807, 2.05) is 13.8 Å². The summed E-state index contributed by atoms with van der Waals surface area (Å²) in [4.78, 5) is 0. The number of hydrogen-bond donors (Lipinski definition) is 0. The second-order valence-corrected chi connectivity index (χ2v) is 5.21. The molecule has 0 saturated carbocycles. The third kappa shape index (κ3) is 4.56. The highest BCUT2D eigenvalue weighted by Gasteiger charge is 2.11. The lowest BCUT2D eigenvalue weighted by molar-refractivity contribution is 0.340. The maximum atomic E-state index is 14.1. The fraction of sp³-hybridized carbons (Fsp3) is 0.300. The summed E-state index contributed by atoms with van der Waals surface area (Å²) in [6.07, 6.45) is 2.33. The first kappa shape index (κ1) is 17.0. The van der Waals surface area contributed by atoms with E-state index in [1.54, 1.807) is 36.4 Å². The molecule has 0 aliphatic carbocycles. The van der Waals surface area contributed by atoms with Gasteiger partial charge in [-0.3, -0.25) is 0 Å². The van der Waals surface area contributed by atoms with Crippen molar-refractivity contribution in [1.29, 1.82) is 0 Å². The minimum Gasteiger partial charge on any atom is -0.494 e. The standard InChI is InChI=1S/C20H20F2O/c1-3-5-6-16-11-12-17(20(22)19(16)21)10-7-15-8-13-18(14-9-15)23-4-2/h8-9,11-14H,3-6H2,1-2H3. The molecule has 0 aliphatic rings. The van der Waals surface area contributed by atoms with E-state index >= 15 is 0 Å². The zero-order chi connectivity index (χ0) is 16.7. The quantitative estimate of drug-likeness (QED) is 0.697. The average Bonchev–Trinajstić information content (AvgIpc) is 2.57. The predicted octanol–water partition coefficient (Wildman–Crippen LogP) is 5.11. The SMILES string of the molecule is CCCCc1ccc(C#Cc2ccc(OCC)cc2)c(F)c1F. The summed E-state index contributed by atoms with van der Waals surface area (Å²) in [5, 5.41) is 0. The van der Waals surface area contributed by atoms with Crippen LogP contribution >= 0.6 is 0 Å². The van der Waals surface area contributed by atoms with Crippen LogP contribution in [-0.4, -0.2) is 6.61 Å². The molecule has 2 aromatic carbocycles. The summed E-state index contributed by atoms with van der Waals surface area (Å²) >= 11 is 0. The lowest BCUT2D eigenvalue weighted by Gasteiger charge is -2.04. The Hall–Kier alpha value is -2.34. The molecule has 0 spiro atoms. The number of ether oxygens (including phenoxy) is 1. The van der Waals surface area contributed by atoms with Gasteiger partial charge in [-0.05, 0) is 55.7 Å². The van der Waals surface area contributed by atoms with Crippen LogP contribution in [0.1, 0.15) is 43.4 Å². The van der Waals surface area contributed by atoms with Crippen LogP contribution < -0.4 is 4.74 Å². The van der Waals surface area contributed by atoms with Crippen LogP contribution in [-0.2, 0) is 6.42 Å². The van der Waals surface area contributed by atoms with Crippen LogP contribution in [0.4, 0.5) is 8.78 Å². The molecule has 1 nitrogen and oxygen atoms in total. The normalized spacial score (nSPS) is 10.1. The van der Waals surface area contributed by atoms with Gasteiger partial charge in [-0.1, -0.05) is 31.3 Å². The summed E-state index contributed by atoms with van der Waals surface area (Å²) in [5.41, 5.74) is 1.22. The predicted molar refractivity (Wildman–Crippen MR) is 88.6 cm³/mol. The first-order valence-corrected chi connectivity index (χ1v) is 7.87. The first-order valence-electron chi connectivity index (χ1n) is 7.87. The van der Waals surface area contributed by atoms with Crippen molar-refractivity contribution < 1.29 is 13.5 Å². The minimum absolute atomic E-state index is 0.0802. The van der Waals surface area contributed by atoms with Crippen molar-refractivity contribution in [2.24, 2.45) is 0 Å². The van der Waals surface area contributed by atoms with E-state index in [-0.39, 0.29) is 5.56 Å². The van der Waals surface area contributed by atoms with Gasteiger partial charge in [-0.2, -0.15) is 0 Å². The van der Waals surface area contributed by atoms with E-state index in [0.717, 1.165) is 24.2 Å². The number of halogens is 2. The molecule has 0 radical (unpaired) electrons. The molecule has 0 N–H and O–H groups in total. The van der Waals surface area contributed by atoms with Crippen molar-refractivity contribution in [3.05, 3.63) is 64.7 Å². The Morgan fingerprint density at radius 3 is 2.30 bits per heavy atom. The highest BCUT2D eigenvalue weighted by molar-refractivity contribution is 5.45. The van der Waals surface area contributed by atoms with Gasteiger partial charge in [0.2, 0.25) is 0 Å². The third-order valence-corrected chi connectivity index (χ3v) is 3.47. The number of unbranched alkanes of at least 4 members (excludes halogenated alkanes) is 1. The van der Waals surface area contributed by atoms with Gasteiger partial charge in [0, 0.05) is 5.56 Å². The van der Waals surface area contributed by atoms with Crippen molar-refractivity contribution >= 4 is 0 Å². The van der Waals surface area contributed by atoms with Crippen molar-refractivity contribution in [1.82, 2.24) is 0 Å². The fourth-order valence-electron chi connectivity index (χ4n) is 2.19. The van der Waals surface area contributed by atoms with E-state index in [4.69, 9.17) is 4.74 Å². The van der Waals surface area contributed by atoms with E-state index in [1.165, 1.54) is 0 Å². The lowest BCUT2D eigenvalue weighted by Crippen LogP contribution is -1.97. The molecular weight excluding hydrogens is 294 g/mol. The van der Waals surface area contributed by atoms with Crippen molar-refractivity contribution in [2.75, 3.05) is 6.61 Å². The molecule has 0 fully saturated rings. The summed E-state index contributed by atoms with van der Waals surface area (Å²) in [6.45, 7) is 4.53. The van der Waals surface area contributed by atoms with Crippen LogP contribution in [0.5, 0.6) is 5.75 Å². The molecule has 0 amide bonds. The van der Waals surface area contributed by atoms with Crippen molar-refractivity contribution in [2.45, 2.75) is 33.1 Å². The molecular formula is C20H20F2O. The van der Waals surface area contributed by atoms with Crippen LogP contribution in [0.2, 0.25) is 0 Å². The first-order chi connectivity index (χ1) is 11.2. The monoisotopic (exact) mass is 314 g/mol. The van der Waals surface area contributed by atoms with E-state index in [2.05, 4.69) is 11.8 Å². The zero-order valence-corrected chi connectivity index (χ0v) is 13.5. The number of rotatable bonds is 5. The Bertz CT molecular complexity index is 709. The Balaban J connectivity index is 2.19. The highest BCUT2D eigenvalue weighted by Crippen LogP contribution is 2.18. The van der Waals surface area contributed by atoms with Crippen LogP contribution in [0.15, 0.2) is 36.4 Å². The summed E-state index contributed by atoms with van der Waals surface area (Å²) < 4.78 is 33.4.